The lowest BCUT2D eigenvalue weighted by atomic mass is 10.0. The fourth-order valence-electron chi connectivity index (χ4n) is 1.71. The van der Waals surface area contributed by atoms with Crippen LogP contribution in [0.15, 0.2) is 42.6 Å². The molecule has 0 radical (unpaired) electrons. The average Bonchev–Trinajstić information content (AvgIpc) is 2.45. The van der Waals surface area contributed by atoms with E-state index in [9.17, 15) is 28.1 Å². The minimum Gasteiger partial charge on any atom is -0.287 e. The summed E-state index contributed by atoms with van der Waals surface area (Å²) in [6.45, 7) is 0. The Morgan fingerprint density at radius 1 is 1.19 bits per heavy atom. The number of rotatable bonds is 3. The molecule has 0 fully saturated rings. The number of carbonyl (C=O) groups excluding carboxylic acids is 1. The lowest BCUT2D eigenvalue weighted by molar-refractivity contribution is -0.388. The first-order valence-corrected chi connectivity index (χ1v) is 5.62. The zero-order chi connectivity index (χ0) is 15.6. The standard InChI is InChI=1S/C13H7F3N2O3/c14-13(15,16)9-7-8(4-5-11(9)18(20)21)12(19)10-3-1-2-6-17-10/h1-7H. The summed E-state index contributed by atoms with van der Waals surface area (Å²) in [6.07, 6.45) is -3.61. The monoisotopic (exact) mass is 296 g/mol. The summed E-state index contributed by atoms with van der Waals surface area (Å²) in [4.78, 5) is 25.2. The van der Waals surface area contributed by atoms with E-state index in [0.717, 1.165) is 6.07 Å². The van der Waals surface area contributed by atoms with Crippen LogP contribution in [0.25, 0.3) is 0 Å². The van der Waals surface area contributed by atoms with E-state index < -0.39 is 28.1 Å². The van der Waals surface area contributed by atoms with Crippen LogP contribution in [0.5, 0.6) is 0 Å². The Labute approximate surface area is 116 Å². The van der Waals surface area contributed by atoms with Gasteiger partial charge in [0, 0.05) is 17.8 Å². The minimum atomic E-state index is -4.93. The molecule has 108 valence electrons. The highest BCUT2D eigenvalue weighted by molar-refractivity contribution is 6.07. The number of ketones is 1. The summed E-state index contributed by atoms with van der Waals surface area (Å²) in [5, 5.41) is 10.6. The lowest BCUT2D eigenvalue weighted by Crippen LogP contribution is -2.12. The summed E-state index contributed by atoms with van der Waals surface area (Å²) in [7, 11) is 0. The molecule has 0 amide bonds. The van der Waals surface area contributed by atoms with Gasteiger partial charge >= 0.3 is 6.18 Å². The van der Waals surface area contributed by atoms with Gasteiger partial charge in [0.25, 0.3) is 5.69 Å². The number of hydrogen-bond donors (Lipinski definition) is 0. The zero-order valence-electron chi connectivity index (χ0n) is 10.3. The molecule has 0 aliphatic heterocycles. The number of pyridine rings is 1. The molecule has 21 heavy (non-hydrogen) atoms. The quantitative estimate of drug-likeness (QED) is 0.495. The van der Waals surface area contributed by atoms with Crippen molar-refractivity contribution in [3.05, 3.63) is 69.5 Å². The fraction of sp³-hybridized carbons (Fsp3) is 0.0769. The van der Waals surface area contributed by atoms with Crippen LogP contribution in [-0.2, 0) is 6.18 Å². The van der Waals surface area contributed by atoms with Gasteiger partial charge in [-0.05, 0) is 24.3 Å². The Hall–Kier alpha value is -2.77. The van der Waals surface area contributed by atoms with Crippen molar-refractivity contribution in [3.63, 3.8) is 0 Å². The number of carbonyl (C=O) groups is 1. The van der Waals surface area contributed by atoms with E-state index in [2.05, 4.69) is 4.98 Å². The predicted octanol–water partition coefficient (Wildman–Crippen LogP) is 3.24. The van der Waals surface area contributed by atoms with E-state index >= 15 is 0 Å². The molecular weight excluding hydrogens is 289 g/mol. The van der Waals surface area contributed by atoms with E-state index in [1.54, 1.807) is 6.07 Å². The third-order valence-electron chi connectivity index (χ3n) is 2.66. The van der Waals surface area contributed by atoms with Crippen molar-refractivity contribution in [2.45, 2.75) is 6.18 Å². The first-order valence-electron chi connectivity index (χ1n) is 5.62. The Morgan fingerprint density at radius 2 is 1.90 bits per heavy atom. The molecule has 0 aliphatic carbocycles. The summed E-state index contributed by atoms with van der Waals surface area (Å²) >= 11 is 0. The largest absolute Gasteiger partial charge is 0.423 e. The molecule has 0 unspecified atom stereocenters. The number of nitro benzene ring substituents is 1. The number of aromatic nitrogens is 1. The van der Waals surface area contributed by atoms with Crippen LogP contribution in [0.3, 0.4) is 0 Å². The predicted molar refractivity (Wildman–Crippen MR) is 65.8 cm³/mol. The third kappa shape index (κ3) is 3.04. The Bertz CT molecular complexity index is 700. The fourth-order valence-corrected chi connectivity index (χ4v) is 1.71. The second kappa shape index (κ2) is 5.31. The van der Waals surface area contributed by atoms with Crippen molar-refractivity contribution >= 4 is 11.5 Å². The van der Waals surface area contributed by atoms with Crippen molar-refractivity contribution in [2.75, 3.05) is 0 Å². The van der Waals surface area contributed by atoms with Crippen molar-refractivity contribution in [1.82, 2.24) is 4.98 Å². The van der Waals surface area contributed by atoms with Crippen molar-refractivity contribution in [3.8, 4) is 0 Å². The van der Waals surface area contributed by atoms with E-state index in [1.165, 1.54) is 18.3 Å². The molecule has 1 heterocycles. The maximum atomic E-state index is 12.8. The summed E-state index contributed by atoms with van der Waals surface area (Å²) in [6, 6.07) is 6.51. The van der Waals surface area contributed by atoms with Gasteiger partial charge < -0.3 is 0 Å². The van der Waals surface area contributed by atoms with Crippen LogP contribution in [0.1, 0.15) is 21.6 Å². The van der Waals surface area contributed by atoms with Crippen LogP contribution in [0.4, 0.5) is 18.9 Å². The number of alkyl halides is 3. The van der Waals surface area contributed by atoms with Gasteiger partial charge in [-0.15, -0.1) is 0 Å². The van der Waals surface area contributed by atoms with Crippen LogP contribution >= 0.6 is 0 Å². The highest BCUT2D eigenvalue weighted by Crippen LogP contribution is 2.36. The van der Waals surface area contributed by atoms with Gasteiger partial charge in [-0.2, -0.15) is 13.2 Å². The number of nitrogens with zero attached hydrogens (tertiary/aromatic N) is 2. The first kappa shape index (κ1) is 14.6. The van der Waals surface area contributed by atoms with Gasteiger partial charge in [0.15, 0.2) is 0 Å². The van der Waals surface area contributed by atoms with Gasteiger partial charge in [0.1, 0.15) is 11.3 Å². The highest BCUT2D eigenvalue weighted by atomic mass is 19.4. The average molecular weight is 296 g/mol. The smallest absolute Gasteiger partial charge is 0.287 e. The zero-order valence-corrected chi connectivity index (χ0v) is 10.3. The molecule has 8 heteroatoms. The van der Waals surface area contributed by atoms with E-state index in [4.69, 9.17) is 0 Å². The second-order valence-corrected chi connectivity index (χ2v) is 4.03. The number of hydrogen-bond acceptors (Lipinski definition) is 4. The maximum Gasteiger partial charge on any atom is 0.423 e. The minimum absolute atomic E-state index is 0.0422. The molecule has 0 atom stereocenters. The molecule has 1 aromatic carbocycles. The van der Waals surface area contributed by atoms with Crippen LogP contribution < -0.4 is 0 Å². The SMILES string of the molecule is O=C(c1ccc([N+](=O)[O-])c(C(F)(F)F)c1)c1ccccn1. The molecular formula is C13H7F3N2O3. The Balaban J connectivity index is 2.53. The van der Waals surface area contributed by atoms with Crippen LogP contribution in [0.2, 0.25) is 0 Å². The van der Waals surface area contributed by atoms with Gasteiger partial charge in [-0.1, -0.05) is 6.07 Å². The van der Waals surface area contributed by atoms with E-state index in [-0.39, 0.29) is 11.3 Å². The van der Waals surface area contributed by atoms with Gasteiger partial charge in [0.2, 0.25) is 5.78 Å². The van der Waals surface area contributed by atoms with E-state index in [1.807, 2.05) is 0 Å². The molecule has 2 rings (SSSR count). The molecule has 0 aliphatic rings. The van der Waals surface area contributed by atoms with Gasteiger partial charge in [-0.25, -0.2) is 0 Å². The molecule has 1 aromatic heterocycles. The van der Waals surface area contributed by atoms with Crippen LogP contribution in [-0.4, -0.2) is 15.7 Å². The molecule has 5 nitrogen and oxygen atoms in total. The van der Waals surface area contributed by atoms with Crippen LogP contribution in [0, 0.1) is 10.1 Å². The van der Waals surface area contributed by atoms with Gasteiger partial charge in [0.05, 0.1) is 4.92 Å². The molecule has 0 N–H and O–H groups in total. The number of nitro groups is 1. The molecule has 0 spiro atoms. The first-order chi connectivity index (χ1) is 9.80. The number of halogens is 3. The topological polar surface area (TPSA) is 73.1 Å². The second-order valence-electron chi connectivity index (χ2n) is 4.03. The number of benzene rings is 1. The van der Waals surface area contributed by atoms with Crippen molar-refractivity contribution in [1.29, 1.82) is 0 Å². The third-order valence-corrected chi connectivity index (χ3v) is 2.66. The highest BCUT2D eigenvalue weighted by Gasteiger charge is 2.38. The molecule has 0 saturated carbocycles. The van der Waals surface area contributed by atoms with Crippen molar-refractivity contribution < 1.29 is 22.9 Å². The van der Waals surface area contributed by atoms with Gasteiger partial charge in [-0.3, -0.25) is 19.9 Å². The normalized spacial score (nSPS) is 11.2. The molecule has 0 saturated heterocycles. The molecule has 0 bridgehead atoms. The lowest BCUT2D eigenvalue weighted by Gasteiger charge is -2.09. The summed E-state index contributed by atoms with van der Waals surface area (Å²) in [5.41, 5.74) is -2.92. The summed E-state index contributed by atoms with van der Waals surface area (Å²) < 4.78 is 38.5. The Morgan fingerprint density at radius 3 is 2.43 bits per heavy atom. The van der Waals surface area contributed by atoms with Crippen molar-refractivity contribution in [2.24, 2.45) is 0 Å². The maximum absolute atomic E-state index is 12.8. The van der Waals surface area contributed by atoms with E-state index in [0.29, 0.717) is 12.1 Å². The molecule has 2 aromatic rings. The Kier molecular flexibility index (Phi) is 3.70. The summed E-state index contributed by atoms with van der Waals surface area (Å²) in [5.74, 6) is -0.740.